The van der Waals surface area contributed by atoms with Crippen molar-refractivity contribution < 1.29 is 9.53 Å². The average molecular weight is 312 g/mol. The largest absolute Gasteiger partial charge is 0.444 e. The normalized spacial score (nSPS) is 16.9. The molecule has 0 aromatic carbocycles. The smallest absolute Gasteiger partial charge is 0.407 e. The Morgan fingerprint density at radius 2 is 2.00 bits per heavy atom. The first-order valence-electron chi connectivity index (χ1n) is 8.38. The van der Waals surface area contributed by atoms with E-state index in [-0.39, 0.29) is 12.1 Å². The van der Waals surface area contributed by atoms with Crippen LogP contribution in [0.2, 0.25) is 0 Å². The molecule has 0 aliphatic heterocycles. The lowest BCUT2D eigenvalue weighted by Gasteiger charge is -2.23. The molecule has 1 amide bonds. The van der Waals surface area contributed by atoms with Crippen LogP contribution < -0.4 is 16.0 Å². The number of aliphatic imine (C=N–C) groups is 1. The van der Waals surface area contributed by atoms with Crippen molar-refractivity contribution in [3.63, 3.8) is 0 Å². The molecule has 0 aromatic heterocycles. The summed E-state index contributed by atoms with van der Waals surface area (Å²) in [5.41, 5.74) is -0.480. The number of carbonyl (C=O) groups is 1. The lowest BCUT2D eigenvalue weighted by Crippen LogP contribution is -2.43. The van der Waals surface area contributed by atoms with Gasteiger partial charge in [-0.15, -0.1) is 0 Å². The van der Waals surface area contributed by atoms with Crippen molar-refractivity contribution in [3.8, 4) is 0 Å². The van der Waals surface area contributed by atoms with Gasteiger partial charge in [0, 0.05) is 12.6 Å². The molecular formula is C16H32N4O2. The first-order valence-corrected chi connectivity index (χ1v) is 8.38. The minimum absolute atomic E-state index is 0.00508. The molecular weight excluding hydrogens is 280 g/mol. The molecule has 1 fully saturated rings. The number of amides is 1. The molecule has 128 valence electrons. The number of nitrogens with one attached hydrogen (secondary N) is 3. The van der Waals surface area contributed by atoms with E-state index in [4.69, 9.17) is 4.74 Å². The number of hydrogen-bond donors (Lipinski definition) is 3. The molecule has 1 saturated carbocycles. The van der Waals surface area contributed by atoms with Crippen LogP contribution in [0.25, 0.3) is 0 Å². The number of rotatable bonds is 7. The Morgan fingerprint density at radius 1 is 1.32 bits per heavy atom. The molecule has 1 aliphatic rings. The molecule has 0 bridgehead atoms. The molecule has 1 unspecified atom stereocenters. The van der Waals surface area contributed by atoms with Crippen molar-refractivity contribution in [3.05, 3.63) is 0 Å². The van der Waals surface area contributed by atoms with Gasteiger partial charge in [0.15, 0.2) is 5.96 Å². The molecule has 0 radical (unpaired) electrons. The summed E-state index contributed by atoms with van der Waals surface area (Å²) in [5.74, 6) is 0.831. The zero-order valence-electron chi connectivity index (χ0n) is 14.7. The summed E-state index contributed by atoms with van der Waals surface area (Å²) >= 11 is 0. The molecule has 1 rings (SSSR count). The number of ether oxygens (including phenoxy) is 1. The van der Waals surface area contributed by atoms with Gasteiger partial charge in [0.2, 0.25) is 0 Å². The summed E-state index contributed by atoms with van der Waals surface area (Å²) in [4.78, 5) is 16.5. The van der Waals surface area contributed by atoms with Crippen LogP contribution >= 0.6 is 0 Å². The SMILES string of the molecule is CCCC(CN=C(NCC)NC1CC1)NC(=O)OC(C)(C)C. The van der Waals surface area contributed by atoms with Crippen LogP contribution in [0.3, 0.4) is 0 Å². The Labute approximate surface area is 134 Å². The van der Waals surface area contributed by atoms with Crippen molar-refractivity contribution in [2.24, 2.45) is 4.99 Å². The van der Waals surface area contributed by atoms with E-state index in [9.17, 15) is 4.79 Å². The maximum absolute atomic E-state index is 11.9. The van der Waals surface area contributed by atoms with Gasteiger partial charge in [-0.05, 0) is 47.0 Å². The fourth-order valence-corrected chi connectivity index (χ4v) is 1.97. The number of alkyl carbamates (subject to hydrolysis) is 1. The Hall–Kier alpha value is -1.46. The summed E-state index contributed by atoms with van der Waals surface area (Å²) in [5, 5.41) is 9.53. The fraction of sp³-hybridized carbons (Fsp3) is 0.875. The summed E-state index contributed by atoms with van der Waals surface area (Å²) in [6.07, 6.45) is 3.91. The summed E-state index contributed by atoms with van der Waals surface area (Å²) in [7, 11) is 0. The monoisotopic (exact) mass is 312 g/mol. The van der Waals surface area contributed by atoms with Crippen molar-refractivity contribution in [2.45, 2.75) is 78.0 Å². The highest BCUT2D eigenvalue weighted by Crippen LogP contribution is 2.18. The molecule has 3 N–H and O–H groups in total. The minimum Gasteiger partial charge on any atom is -0.444 e. The summed E-state index contributed by atoms with van der Waals surface area (Å²) in [6, 6.07) is 0.552. The van der Waals surface area contributed by atoms with Gasteiger partial charge in [-0.3, -0.25) is 4.99 Å². The van der Waals surface area contributed by atoms with Gasteiger partial charge < -0.3 is 20.7 Å². The highest BCUT2D eigenvalue weighted by molar-refractivity contribution is 5.80. The van der Waals surface area contributed by atoms with Gasteiger partial charge in [-0.25, -0.2) is 4.79 Å². The van der Waals surface area contributed by atoms with E-state index in [2.05, 4.69) is 27.9 Å². The Kier molecular flexibility index (Phi) is 7.48. The van der Waals surface area contributed by atoms with Gasteiger partial charge in [0.05, 0.1) is 12.6 Å². The van der Waals surface area contributed by atoms with E-state index in [1.54, 1.807) is 0 Å². The van der Waals surface area contributed by atoms with E-state index in [1.807, 2.05) is 27.7 Å². The van der Waals surface area contributed by atoms with Crippen LogP contribution in [0, 0.1) is 0 Å². The lowest BCUT2D eigenvalue weighted by molar-refractivity contribution is 0.0503. The summed E-state index contributed by atoms with van der Waals surface area (Å²) < 4.78 is 5.31. The number of hydrogen-bond acceptors (Lipinski definition) is 3. The molecule has 6 nitrogen and oxygen atoms in total. The zero-order valence-corrected chi connectivity index (χ0v) is 14.7. The molecule has 0 aromatic rings. The van der Waals surface area contributed by atoms with Crippen LogP contribution in [-0.4, -0.2) is 42.8 Å². The molecule has 1 aliphatic carbocycles. The molecule has 6 heteroatoms. The number of guanidine groups is 1. The van der Waals surface area contributed by atoms with Crippen LogP contribution in [0.15, 0.2) is 4.99 Å². The molecule has 0 saturated heterocycles. The van der Waals surface area contributed by atoms with E-state index in [0.717, 1.165) is 25.3 Å². The van der Waals surface area contributed by atoms with Crippen molar-refractivity contribution in [1.29, 1.82) is 0 Å². The third-order valence-corrected chi connectivity index (χ3v) is 3.09. The Morgan fingerprint density at radius 3 is 2.50 bits per heavy atom. The van der Waals surface area contributed by atoms with Gasteiger partial charge in [-0.1, -0.05) is 13.3 Å². The maximum Gasteiger partial charge on any atom is 0.407 e. The second kappa shape index (κ2) is 8.86. The zero-order chi connectivity index (χ0) is 16.6. The third kappa shape index (κ3) is 8.74. The summed E-state index contributed by atoms with van der Waals surface area (Å²) in [6.45, 7) is 11.1. The van der Waals surface area contributed by atoms with E-state index in [1.165, 1.54) is 12.8 Å². The van der Waals surface area contributed by atoms with Gasteiger partial charge in [0.25, 0.3) is 0 Å². The highest BCUT2D eigenvalue weighted by atomic mass is 16.6. The quantitative estimate of drug-likeness (QED) is 0.498. The first-order chi connectivity index (χ1) is 10.3. The van der Waals surface area contributed by atoms with Crippen LogP contribution in [0.4, 0.5) is 4.79 Å². The fourth-order valence-electron chi connectivity index (χ4n) is 1.97. The average Bonchev–Trinajstić information content (AvgIpc) is 3.17. The Balaban J connectivity index is 2.51. The van der Waals surface area contributed by atoms with Crippen LogP contribution in [0.5, 0.6) is 0 Å². The predicted molar refractivity (Wildman–Crippen MR) is 90.2 cm³/mol. The molecule has 1 atom stereocenters. The molecule has 0 heterocycles. The predicted octanol–water partition coefficient (Wildman–Crippen LogP) is 2.40. The third-order valence-electron chi connectivity index (χ3n) is 3.09. The van der Waals surface area contributed by atoms with Crippen LogP contribution in [0.1, 0.15) is 60.3 Å². The Bertz CT molecular complexity index is 373. The van der Waals surface area contributed by atoms with E-state index in [0.29, 0.717) is 12.6 Å². The standard InChI is InChI=1S/C16H32N4O2/c1-6-8-13(20-15(21)22-16(3,4)5)11-18-14(17-7-2)19-12-9-10-12/h12-13H,6-11H2,1-5H3,(H,20,21)(H2,17,18,19). The second-order valence-electron chi connectivity index (χ2n) is 6.77. The second-order valence-corrected chi connectivity index (χ2v) is 6.77. The van der Waals surface area contributed by atoms with Gasteiger partial charge in [-0.2, -0.15) is 0 Å². The van der Waals surface area contributed by atoms with Crippen molar-refractivity contribution >= 4 is 12.1 Å². The van der Waals surface area contributed by atoms with E-state index >= 15 is 0 Å². The minimum atomic E-state index is -0.480. The topological polar surface area (TPSA) is 74.8 Å². The number of nitrogens with zero attached hydrogens (tertiary/aromatic N) is 1. The van der Waals surface area contributed by atoms with Crippen molar-refractivity contribution in [1.82, 2.24) is 16.0 Å². The van der Waals surface area contributed by atoms with Gasteiger partial charge >= 0.3 is 6.09 Å². The number of carbonyl (C=O) groups excluding carboxylic acids is 1. The molecule has 22 heavy (non-hydrogen) atoms. The highest BCUT2D eigenvalue weighted by Gasteiger charge is 2.23. The molecule has 0 spiro atoms. The maximum atomic E-state index is 11.9. The van der Waals surface area contributed by atoms with Gasteiger partial charge in [0.1, 0.15) is 5.60 Å². The van der Waals surface area contributed by atoms with Crippen LogP contribution in [-0.2, 0) is 4.74 Å². The first kappa shape index (κ1) is 18.6. The van der Waals surface area contributed by atoms with Crippen molar-refractivity contribution in [2.75, 3.05) is 13.1 Å². The van der Waals surface area contributed by atoms with E-state index < -0.39 is 5.60 Å². The lowest BCUT2D eigenvalue weighted by atomic mass is 10.1.